The van der Waals surface area contributed by atoms with Crippen molar-refractivity contribution in [3.8, 4) is 0 Å². The average Bonchev–Trinajstić information content (AvgIpc) is 3.84. The molecule has 0 fully saturated rings. The van der Waals surface area contributed by atoms with Gasteiger partial charge in [-0.3, -0.25) is 19.0 Å². The van der Waals surface area contributed by atoms with Gasteiger partial charge in [0, 0.05) is 44.8 Å². The van der Waals surface area contributed by atoms with Crippen LogP contribution in [0.2, 0.25) is 0 Å². The van der Waals surface area contributed by atoms with Gasteiger partial charge in [-0.05, 0) is 84.7 Å². The zero-order valence-corrected chi connectivity index (χ0v) is 30.1. The lowest BCUT2D eigenvalue weighted by atomic mass is 10.1. The number of hydrogen-bond acceptors (Lipinski definition) is 5. The van der Waals surface area contributed by atoms with Crippen LogP contribution in [-0.2, 0) is 33.8 Å². The molecule has 13 nitrogen and oxygen atoms in total. The van der Waals surface area contributed by atoms with Gasteiger partial charge in [0.05, 0.1) is 40.1 Å². The maximum Gasteiger partial charge on any atom is 0.298 e. The van der Waals surface area contributed by atoms with E-state index in [1.54, 1.807) is 21.5 Å². The summed E-state index contributed by atoms with van der Waals surface area (Å²) in [4.78, 5) is 36.6. The van der Waals surface area contributed by atoms with Crippen molar-refractivity contribution < 1.29 is 14.7 Å². The van der Waals surface area contributed by atoms with Crippen molar-refractivity contribution in [2.45, 2.75) is 86.2 Å². The highest BCUT2D eigenvalue weighted by Gasteiger charge is 2.23. The second-order valence-corrected chi connectivity index (χ2v) is 13.0. The van der Waals surface area contributed by atoms with Gasteiger partial charge in [-0.15, -0.1) is 0 Å². The Morgan fingerprint density at radius 1 is 0.720 bits per heavy atom. The number of carbonyl (C=O) groups excluding carboxylic acids is 2. The standard InChI is InChI=1S/C37H46N10O3/c1-9-44-31(20-23(3)40-44)34(49)38-36-42(7)28-15-11-12-16-29(28)46(36)25(5)18-19-26(6)47-33-27(22-48)14-13-17-30(33)43(8)37(47)39-35(50)32-21-24(4)41-45(32)10-2/h11-17,20-21,25-26,48H,9-10,18-19,22H2,1-8H3/b38-36+,39-37?/t25-,26-/m1/s1. The maximum absolute atomic E-state index is 13.7. The van der Waals surface area contributed by atoms with Gasteiger partial charge in [0.1, 0.15) is 11.4 Å². The van der Waals surface area contributed by atoms with E-state index in [2.05, 4.69) is 49.2 Å². The molecule has 4 heterocycles. The van der Waals surface area contributed by atoms with Gasteiger partial charge in [0.25, 0.3) is 11.8 Å². The van der Waals surface area contributed by atoms with Crippen LogP contribution in [0, 0.1) is 13.8 Å². The Kier molecular flexibility index (Phi) is 9.61. The number of carbonyl (C=O) groups is 2. The molecule has 0 saturated carbocycles. The SMILES string of the molecule is CCn1nc(C)cc1C(=O)N=c1n(C)c2cccc(CO)c2n1[C@H](C)CC[C@@H](C)n1/c(=N/C(=O)c2cc(C)nn2CC)n(C)c2ccccc21. The molecule has 1 N–H and O–H groups in total. The number of aliphatic hydroxyl groups excluding tert-OH is 1. The normalized spacial score (nSPS) is 13.9. The lowest BCUT2D eigenvalue weighted by Gasteiger charge is -2.20. The fourth-order valence-corrected chi connectivity index (χ4v) is 7.02. The number of nitrogens with zero attached hydrogens (tertiary/aromatic N) is 10. The molecule has 6 aromatic rings. The van der Waals surface area contributed by atoms with Gasteiger partial charge < -0.3 is 23.4 Å². The van der Waals surface area contributed by atoms with E-state index in [1.807, 2.05) is 87.3 Å². The summed E-state index contributed by atoms with van der Waals surface area (Å²) in [7, 11) is 3.83. The summed E-state index contributed by atoms with van der Waals surface area (Å²) in [5, 5.41) is 19.3. The van der Waals surface area contributed by atoms with E-state index in [-0.39, 0.29) is 30.5 Å². The number of rotatable bonds is 10. The van der Waals surface area contributed by atoms with Crippen molar-refractivity contribution >= 4 is 33.9 Å². The minimum absolute atomic E-state index is 0.0512. The zero-order valence-electron chi connectivity index (χ0n) is 30.1. The predicted octanol–water partition coefficient (Wildman–Crippen LogP) is 4.90. The monoisotopic (exact) mass is 678 g/mol. The summed E-state index contributed by atoms with van der Waals surface area (Å²) in [5.41, 5.74) is 7.88. The Morgan fingerprint density at radius 2 is 1.20 bits per heavy atom. The minimum Gasteiger partial charge on any atom is -0.392 e. The van der Waals surface area contributed by atoms with Gasteiger partial charge in [0.2, 0.25) is 11.2 Å². The Bertz CT molecular complexity index is 2380. The summed E-state index contributed by atoms with van der Waals surface area (Å²) in [6.07, 6.45) is 1.43. The minimum atomic E-state index is -0.375. The number of hydrogen-bond donors (Lipinski definition) is 1. The Labute approximate surface area is 290 Å². The van der Waals surface area contributed by atoms with Crippen LogP contribution in [0.15, 0.2) is 64.6 Å². The second kappa shape index (κ2) is 13.9. The van der Waals surface area contributed by atoms with Crippen LogP contribution in [0.1, 0.15) is 90.5 Å². The van der Waals surface area contributed by atoms with Crippen molar-refractivity contribution in [2.24, 2.45) is 24.1 Å². The van der Waals surface area contributed by atoms with Crippen LogP contribution in [0.4, 0.5) is 0 Å². The number of imidazole rings is 2. The molecule has 0 bridgehead atoms. The fraction of sp³-hybridized carbons (Fsp3) is 0.405. The van der Waals surface area contributed by atoms with E-state index in [9.17, 15) is 14.7 Å². The first-order chi connectivity index (χ1) is 24.0. The van der Waals surface area contributed by atoms with Crippen LogP contribution < -0.4 is 11.2 Å². The van der Waals surface area contributed by atoms with Crippen LogP contribution in [-0.4, -0.2) is 54.8 Å². The summed E-state index contributed by atoms with van der Waals surface area (Å²) in [6.45, 7) is 12.9. The van der Waals surface area contributed by atoms with E-state index in [0.29, 0.717) is 42.1 Å². The molecule has 0 aliphatic rings. The van der Waals surface area contributed by atoms with Gasteiger partial charge in [0.15, 0.2) is 0 Å². The third-order valence-electron chi connectivity index (χ3n) is 9.53. The number of aryl methyl sites for hydroxylation is 6. The number of para-hydroxylation sites is 3. The average molecular weight is 679 g/mol. The number of aliphatic hydroxyl groups is 1. The summed E-state index contributed by atoms with van der Waals surface area (Å²) in [6, 6.07) is 17.2. The molecule has 13 heteroatoms. The molecule has 0 aliphatic heterocycles. The van der Waals surface area contributed by atoms with Crippen molar-refractivity contribution in [2.75, 3.05) is 0 Å². The first-order valence-corrected chi connectivity index (χ1v) is 17.2. The number of fused-ring (bicyclic) bond motifs is 2. The fourth-order valence-electron chi connectivity index (χ4n) is 7.02. The Balaban J connectivity index is 1.41. The van der Waals surface area contributed by atoms with E-state index >= 15 is 0 Å². The number of aromatic nitrogens is 8. The van der Waals surface area contributed by atoms with Crippen LogP contribution in [0.5, 0.6) is 0 Å². The summed E-state index contributed by atoms with van der Waals surface area (Å²) < 4.78 is 11.4. The molecule has 2 aromatic carbocycles. The largest absolute Gasteiger partial charge is 0.392 e. The van der Waals surface area contributed by atoms with Crippen LogP contribution in [0.3, 0.4) is 0 Å². The molecule has 2 amide bonds. The van der Waals surface area contributed by atoms with Crippen molar-refractivity contribution in [1.82, 2.24) is 37.8 Å². The maximum atomic E-state index is 13.7. The zero-order chi connectivity index (χ0) is 35.9. The molecule has 0 saturated heterocycles. The van der Waals surface area contributed by atoms with Crippen molar-refractivity contribution in [3.63, 3.8) is 0 Å². The molecule has 4 aromatic heterocycles. The second-order valence-electron chi connectivity index (χ2n) is 13.0. The molecular weight excluding hydrogens is 632 g/mol. The molecule has 0 aliphatic carbocycles. The molecule has 6 rings (SSSR count). The summed E-state index contributed by atoms with van der Waals surface area (Å²) in [5.74, 6) is -0.717. The van der Waals surface area contributed by atoms with Crippen LogP contribution in [0.25, 0.3) is 22.1 Å². The Hall–Kier alpha value is -5.30. The Morgan fingerprint density at radius 3 is 1.74 bits per heavy atom. The highest BCUT2D eigenvalue weighted by atomic mass is 16.3. The number of amides is 2. The van der Waals surface area contributed by atoms with Gasteiger partial charge in [-0.1, -0.05) is 24.3 Å². The first kappa shape index (κ1) is 34.6. The molecule has 262 valence electrons. The van der Waals surface area contributed by atoms with E-state index in [4.69, 9.17) is 0 Å². The third-order valence-corrected chi connectivity index (χ3v) is 9.53. The molecule has 2 atom stereocenters. The van der Waals surface area contributed by atoms with Gasteiger partial charge in [-0.25, -0.2) is 0 Å². The van der Waals surface area contributed by atoms with Gasteiger partial charge >= 0.3 is 0 Å². The van der Waals surface area contributed by atoms with E-state index < -0.39 is 0 Å². The van der Waals surface area contributed by atoms with Crippen molar-refractivity contribution in [3.05, 3.63) is 94.2 Å². The van der Waals surface area contributed by atoms with Crippen molar-refractivity contribution in [1.29, 1.82) is 0 Å². The molecule has 50 heavy (non-hydrogen) atoms. The third kappa shape index (κ3) is 6.06. The highest BCUT2D eigenvalue weighted by molar-refractivity contribution is 5.94. The molecule has 0 radical (unpaired) electrons. The quantitative estimate of drug-likeness (QED) is 0.220. The predicted molar refractivity (Wildman–Crippen MR) is 191 cm³/mol. The topological polar surface area (TPSA) is 134 Å². The molecule has 0 unspecified atom stereocenters. The lowest BCUT2D eigenvalue weighted by Crippen LogP contribution is -2.30. The van der Waals surface area contributed by atoms with Gasteiger partial charge in [-0.2, -0.15) is 20.2 Å². The van der Waals surface area contributed by atoms with Crippen LogP contribution >= 0.6 is 0 Å². The summed E-state index contributed by atoms with van der Waals surface area (Å²) >= 11 is 0. The highest BCUT2D eigenvalue weighted by Crippen LogP contribution is 2.27. The van der Waals surface area contributed by atoms with E-state index in [1.165, 1.54) is 0 Å². The van der Waals surface area contributed by atoms with E-state index in [0.717, 1.165) is 45.4 Å². The number of benzene rings is 2. The smallest absolute Gasteiger partial charge is 0.298 e. The first-order valence-electron chi connectivity index (χ1n) is 17.2. The lowest BCUT2D eigenvalue weighted by molar-refractivity contribution is 0.0977. The molecule has 0 spiro atoms. The molecular formula is C37H46N10O3.